The second-order valence-corrected chi connectivity index (χ2v) is 4.25. The van der Waals surface area contributed by atoms with Gasteiger partial charge in [-0.2, -0.15) is 5.10 Å². The van der Waals surface area contributed by atoms with Crippen LogP contribution in [-0.2, 0) is 0 Å². The van der Waals surface area contributed by atoms with Gasteiger partial charge in [0.25, 0.3) is 11.5 Å². The number of piperidine rings is 1. The quantitative estimate of drug-likeness (QED) is 0.733. The first-order valence-electron chi connectivity index (χ1n) is 5.66. The molecule has 0 saturated carbocycles. The van der Waals surface area contributed by atoms with Crippen molar-refractivity contribution in [1.82, 2.24) is 15.1 Å². The number of aliphatic hydroxyl groups excluding tert-OH is 1. The predicted molar refractivity (Wildman–Crippen MR) is 60.6 cm³/mol. The molecule has 6 heteroatoms. The molecular weight excluding hydrogens is 222 g/mol. The Morgan fingerprint density at radius 3 is 3.06 bits per heavy atom. The van der Waals surface area contributed by atoms with Gasteiger partial charge in [-0.25, -0.2) is 5.10 Å². The molecule has 0 unspecified atom stereocenters. The third-order valence-electron chi connectivity index (χ3n) is 2.96. The fourth-order valence-corrected chi connectivity index (χ4v) is 2.02. The van der Waals surface area contributed by atoms with Crippen molar-refractivity contribution in [3.8, 4) is 0 Å². The van der Waals surface area contributed by atoms with Gasteiger partial charge in [0, 0.05) is 25.8 Å². The minimum absolute atomic E-state index is 0.100. The molecule has 0 radical (unpaired) electrons. The highest BCUT2D eigenvalue weighted by Gasteiger charge is 2.24. The number of hydrogen-bond acceptors (Lipinski definition) is 4. The van der Waals surface area contributed by atoms with Crippen LogP contribution < -0.4 is 5.56 Å². The molecule has 1 fully saturated rings. The maximum atomic E-state index is 12.0. The summed E-state index contributed by atoms with van der Waals surface area (Å²) in [4.78, 5) is 24.5. The molecule has 0 spiro atoms. The van der Waals surface area contributed by atoms with E-state index >= 15 is 0 Å². The van der Waals surface area contributed by atoms with E-state index in [2.05, 4.69) is 10.2 Å². The van der Waals surface area contributed by atoms with Gasteiger partial charge >= 0.3 is 0 Å². The fourth-order valence-electron chi connectivity index (χ4n) is 2.02. The zero-order valence-electron chi connectivity index (χ0n) is 9.43. The zero-order valence-corrected chi connectivity index (χ0v) is 9.43. The van der Waals surface area contributed by atoms with Crippen molar-refractivity contribution in [3.05, 3.63) is 28.2 Å². The fraction of sp³-hybridized carbons (Fsp3) is 0.545. The maximum Gasteiger partial charge on any atom is 0.274 e. The number of rotatable bonds is 2. The molecule has 2 N–H and O–H groups in total. The van der Waals surface area contributed by atoms with Crippen molar-refractivity contribution in [2.45, 2.75) is 12.8 Å². The number of H-pyrrole nitrogens is 1. The topological polar surface area (TPSA) is 86.3 Å². The van der Waals surface area contributed by atoms with Crippen LogP contribution in [0.2, 0.25) is 0 Å². The summed E-state index contributed by atoms with van der Waals surface area (Å²) in [7, 11) is 0. The SMILES string of the molecule is O=C(c1ccc(=O)[nH]n1)N1CCC[C@H](CO)C1. The molecule has 1 aromatic rings. The second-order valence-electron chi connectivity index (χ2n) is 4.25. The van der Waals surface area contributed by atoms with Crippen molar-refractivity contribution in [3.63, 3.8) is 0 Å². The number of aromatic nitrogens is 2. The monoisotopic (exact) mass is 237 g/mol. The van der Waals surface area contributed by atoms with Gasteiger partial charge in [0.2, 0.25) is 0 Å². The Balaban J connectivity index is 2.09. The maximum absolute atomic E-state index is 12.0. The van der Waals surface area contributed by atoms with Crippen LogP contribution in [0.3, 0.4) is 0 Å². The Morgan fingerprint density at radius 2 is 2.41 bits per heavy atom. The number of amides is 1. The molecule has 1 aliphatic heterocycles. The molecule has 6 nitrogen and oxygen atoms in total. The number of carbonyl (C=O) groups excluding carboxylic acids is 1. The molecule has 1 saturated heterocycles. The van der Waals surface area contributed by atoms with Gasteiger partial charge in [-0.15, -0.1) is 0 Å². The Bertz CT molecular complexity index is 437. The van der Waals surface area contributed by atoms with E-state index in [1.54, 1.807) is 4.90 Å². The van der Waals surface area contributed by atoms with Crippen LogP contribution in [0.1, 0.15) is 23.3 Å². The lowest BCUT2D eigenvalue weighted by Gasteiger charge is -2.31. The van der Waals surface area contributed by atoms with E-state index in [4.69, 9.17) is 5.11 Å². The van der Waals surface area contributed by atoms with Crippen LogP contribution in [0.15, 0.2) is 16.9 Å². The lowest BCUT2D eigenvalue weighted by Crippen LogP contribution is -2.41. The first kappa shape index (κ1) is 11.8. The number of nitrogens with one attached hydrogen (secondary N) is 1. The van der Waals surface area contributed by atoms with E-state index in [9.17, 15) is 9.59 Å². The van der Waals surface area contributed by atoms with Gasteiger partial charge < -0.3 is 10.0 Å². The molecule has 0 bridgehead atoms. The summed E-state index contributed by atoms with van der Waals surface area (Å²) in [5.41, 5.74) is -0.0865. The summed E-state index contributed by atoms with van der Waals surface area (Å²) in [6.07, 6.45) is 1.83. The van der Waals surface area contributed by atoms with E-state index < -0.39 is 0 Å². The van der Waals surface area contributed by atoms with E-state index in [-0.39, 0.29) is 29.7 Å². The third-order valence-corrected chi connectivity index (χ3v) is 2.96. The standard InChI is InChI=1S/C11H15N3O3/c15-7-8-2-1-5-14(6-8)11(17)9-3-4-10(16)13-12-9/h3-4,8,15H,1-2,5-7H2,(H,13,16)/t8-/m0/s1. The van der Waals surface area contributed by atoms with Gasteiger partial charge in [-0.05, 0) is 24.8 Å². The number of hydrogen-bond donors (Lipinski definition) is 2. The molecule has 1 aliphatic rings. The summed E-state index contributed by atoms with van der Waals surface area (Å²) in [6, 6.07) is 2.71. The first-order valence-corrected chi connectivity index (χ1v) is 5.66. The molecular formula is C11H15N3O3. The highest BCUT2D eigenvalue weighted by Crippen LogP contribution is 2.17. The third kappa shape index (κ3) is 2.71. The van der Waals surface area contributed by atoms with Crippen molar-refractivity contribution < 1.29 is 9.90 Å². The minimum atomic E-state index is -0.326. The lowest BCUT2D eigenvalue weighted by molar-refractivity contribution is 0.0613. The van der Waals surface area contributed by atoms with Crippen molar-refractivity contribution >= 4 is 5.91 Å². The van der Waals surface area contributed by atoms with Crippen LogP contribution in [0.25, 0.3) is 0 Å². The van der Waals surface area contributed by atoms with Gasteiger partial charge in [0.15, 0.2) is 0 Å². The lowest BCUT2D eigenvalue weighted by atomic mass is 9.99. The van der Waals surface area contributed by atoms with E-state index in [0.717, 1.165) is 12.8 Å². The molecule has 2 heterocycles. The summed E-state index contributed by atoms with van der Waals surface area (Å²) >= 11 is 0. The second kappa shape index (κ2) is 5.09. The summed E-state index contributed by atoms with van der Waals surface area (Å²) in [5, 5.41) is 15.1. The Morgan fingerprint density at radius 1 is 1.59 bits per heavy atom. The predicted octanol–water partition coefficient (Wildman–Crippen LogP) is -0.386. The van der Waals surface area contributed by atoms with Crippen LogP contribution in [0.5, 0.6) is 0 Å². The van der Waals surface area contributed by atoms with Crippen LogP contribution in [-0.4, -0.2) is 45.8 Å². The van der Waals surface area contributed by atoms with Gasteiger partial charge in [0.05, 0.1) is 0 Å². The molecule has 0 aromatic carbocycles. The Hall–Kier alpha value is -1.69. The van der Waals surface area contributed by atoms with Crippen LogP contribution in [0, 0.1) is 5.92 Å². The number of carbonyl (C=O) groups is 1. The normalized spacial score (nSPS) is 20.3. The summed E-state index contributed by atoms with van der Waals surface area (Å²) in [6.45, 7) is 1.33. The molecule has 1 atom stereocenters. The number of aliphatic hydroxyl groups is 1. The average molecular weight is 237 g/mol. The van der Waals surface area contributed by atoms with E-state index in [1.807, 2.05) is 0 Å². The van der Waals surface area contributed by atoms with E-state index in [1.165, 1.54) is 12.1 Å². The molecule has 1 aromatic heterocycles. The largest absolute Gasteiger partial charge is 0.396 e. The van der Waals surface area contributed by atoms with Crippen molar-refractivity contribution in [1.29, 1.82) is 0 Å². The van der Waals surface area contributed by atoms with Crippen molar-refractivity contribution in [2.75, 3.05) is 19.7 Å². The highest BCUT2D eigenvalue weighted by molar-refractivity contribution is 5.92. The Kier molecular flexibility index (Phi) is 3.53. The molecule has 17 heavy (non-hydrogen) atoms. The molecule has 2 rings (SSSR count). The first-order chi connectivity index (χ1) is 8.20. The van der Waals surface area contributed by atoms with E-state index in [0.29, 0.717) is 13.1 Å². The van der Waals surface area contributed by atoms with Gasteiger partial charge in [-0.3, -0.25) is 9.59 Å². The van der Waals surface area contributed by atoms with Gasteiger partial charge in [-0.1, -0.05) is 0 Å². The molecule has 92 valence electrons. The zero-order chi connectivity index (χ0) is 12.3. The summed E-state index contributed by atoms with van der Waals surface area (Å²) in [5.74, 6) is -0.0464. The smallest absolute Gasteiger partial charge is 0.274 e. The van der Waals surface area contributed by atoms with Crippen molar-refractivity contribution in [2.24, 2.45) is 5.92 Å². The minimum Gasteiger partial charge on any atom is -0.396 e. The van der Waals surface area contributed by atoms with Gasteiger partial charge in [0.1, 0.15) is 5.69 Å². The average Bonchev–Trinajstić information content (AvgIpc) is 2.39. The number of aromatic amines is 1. The molecule has 1 amide bonds. The molecule has 0 aliphatic carbocycles. The highest BCUT2D eigenvalue weighted by atomic mass is 16.3. The van der Waals surface area contributed by atoms with Crippen LogP contribution in [0.4, 0.5) is 0 Å². The Labute approximate surface area is 98.3 Å². The summed E-state index contributed by atoms with van der Waals surface area (Å²) < 4.78 is 0. The number of nitrogens with zero attached hydrogens (tertiary/aromatic N) is 2. The van der Waals surface area contributed by atoms with Crippen LogP contribution >= 0.6 is 0 Å². The number of likely N-dealkylation sites (tertiary alicyclic amines) is 1.